The van der Waals surface area contributed by atoms with Crippen LogP contribution in [-0.2, 0) is 9.59 Å². The van der Waals surface area contributed by atoms with Gasteiger partial charge in [-0.25, -0.2) is 0 Å². The van der Waals surface area contributed by atoms with E-state index in [2.05, 4.69) is 10.6 Å². The standard InChI is InChI=1S/C21H40N2O4/c1-17(2,3)13(19(7,8)26)22-15(24)21(11-12-21)16(25)23-14(18(4,5)6)20(9,10)27/h13-14,26-27H,11-12H2,1-10H3,(H,22,24)(H,23,25)/t13-,14-/m1/s1. The second-order valence-electron chi connectivity index (χ2n) is 11.4. The largest absolute Gasteiger partial charge is 0.388 e. The molecule has 6 nitrogen and oxygen atoms in total. The van der Waals surface area contributed by atoms with Gasteiger partial charge in [-0.2, -0.15) is 0 Å². The number of hydrogen-bond donors (Lipinski definition) is 4. The molecule has 0 radical (unpaired) electrons. The molecule has 1 saturated carbocycles. The van der Waals surface area contributed by atoms with Gasteiger partial charge < -0.3 is 20.8 Å². The maximum absolute atomic E-state index is 13.0. The van der Waals surface area contributed by atoms with Gasteiger partial charge in [0, 0.05) is 0 Å². The summed E-state index contributed by atoms with van der Waals surface area (Å²) in [5.41, 5.74) is -4.12. The Kier molecular flexibility index (Phi) is 6.22. The SMILES string of the molecule is CC(C)(C)[C@@H](NC(=O)C1(C(=O)N[C@H](C(C)(C)C)C(C)(C)O)CC1)C(C)(C)O. The van der Waals surface area contributed by atoms with Crippen LogP contribution in [0.4, 0.5) is 0 Å². The zero-order valence-corrected chi connectivity index (χ0v) is 18.8. The normalized spacial score (nSPS) is 19.9. The van der Waals surface area contributed by atoms with Crippen molar-refractivity contribution in [1.82, 2.24) is 10.6 Å². The van der Waals surface area contributed by atoms with Crippen LogP contribution in [0.15, 0.2) is 0 Å². The first kappa shape index (κ1) is 23.9. The summed E-state index contributed by atoms with van der Waals surface area (Å²) in [6, 6.07) is -1.01. The third kappa shape index (κ3) is 5.67. The first-order valence-corrected chi connectivity index (χ1v) is 9.79. The van der Waals surface area contributed by atoms with Crippen molar-refractivity contribution in [3.63, 3.8) is 0 Å². The Morgan fingerprint density at radius 2 is 0.963 bits per heavy atom. The van der Waals surface area contributed by atoms with Gasteiger partial charge in [0.15, 0.2) is 0 Å². The molecular weight excluding hydrogens is 344 g/mol. The Bertz CT molecular complexity index is 491. The number of rotatable bonds is 6. The van der Waals surface area contributed by atoms with Gasteiger partial charge in [-0.05, 0) is 51.4 Å². The third-order valence-electron chi connectivity index (χ3n) is 5.32. The molecule has 0 unspecified atom stereocenters. The maximum atomic E-state index is 13.0. The molecule has 0 aromatic heterocycles. The van der Waals surface area contributed by atoms with Crippen molar-refractivity contribution in [1.29, 1.82) is 0 Å². The Morgan fingerprint density at radius 3 is 1.11 bits per heavy atom. The summed E-state index contributed by atoms with van der Waals surface area (Å²) in [6.07, 6.45) is 0.937. The fourth-order valence-electron chi connectivity index (χ4n) is 4.13. The third-order valence-corrected chi connectivity index (χ3v) is 5.32. The van der Waals surface area contributed by atoms with Crippen LogP contribution in [-0.4, -0.2) is 45.3 Å². The zero-order valence-electron chi connectivity index (χ0n) is 18.8. The lowest BCUT2D eigenvalue weighted by Crippen LogP contribution is -2.61. The van der Waals surface area contributed by atoms with Gasteiger partial charge in [-0.3, -0.25) is 9.59 Å². The van der Waals surface area contributed by atoms with Crippen LogP contribution < -0.4 is 10.6 Å². The minimum atomic E-state index is -1.12. The zero-order chi connectivity index (χ0) is 21.6. The number of hydrogen-bond acceptors (Lipinski definition) is 4. The van der Waals surface area contributed by atoms with Gasteiger partial charge in [0.1, 0.15) is 5.41 Å². The van der Waals surface area contributed by atoms with Gasteiger partial charge in [-0.15, -0.1) is 0 Å². The first-order valence-electron chi connectivity index (χ1n) is 9.79. The van der Waals surface area contributed by atoms with Gasteiger partial charge >= 0.3 is 0 Å². The minimum absolute atomic E-state index is 0.356. The van der Waals surface area contributed by atoms with Crippen LogP contribution >= 0.6 is 0 Å². The summed E-state index contributed by atoms with van der Waals surface area (Å²) in [6.45, 7) is 18.3. The lowest BCUT2D eigenvalue weighted by atomic mass is 9.77. The molecule has 1 fully saturated rings. The van der Waals surface area contributed by atoms with Crippen LogP contribution in [0.5, 0.6) is 0 Å². The van der Waals surface area contributed by atoms with Crippen LogP contribution in [0, 0.1) is 16.2 Å². The molecule has 4 N–H and O–H groups in total. The summed E-state index contributed by atoms with van der Waals surface area (Å²) in [5, 5.41) is 26.8. The van der Waals surface area contributed by atoms with Gasteiger partial charge in [0.25, 0.3) is 0 Å². The molecule has 27 heavy (non-hydrogen) atoms. The molecule has 0 aromatic rings. The average molecular weight is 385 g/mol. The lowest BCUT2D eigenvalue weighted by Gasteiger charge is -2.42. The molecular formula is C21H40N2O4. The highest BCUT2D eigenvalue weighted by atomic mass is 16.3. The van der Waals surface area contributed by atoms with Crippen LogP contribution in [0.2, 0.25) is 0 Å². The number of amides is 2. The molecule has 1 aliphatic rings. The smallest absolute Gasteiger partial charge is 0.236 e. The van der Waals surface area contributed by atoms with Gasteiger partial charge in [-0.1, -0.05) is 41.5 Å². The first-order chi connectivity index (χ1) is 11.7. The summed E-state index contributed by atoms with van der Waals surface area (Å²) >= 11 is 0. The predicted octanol–water partition coefficient (Wildman–Crippen LogP) is 2.37. The van der Waals surface area contributed by atoms with E-state index in [0.717, 1.165) is 0 Å². The van der Waals surface area contributed by atoms with E-state index in [1.165, 1.54) is 0 Å². The lowest BCUT2D eigenvalue weighted by molar-refractivity contribution is -0.142. The molecule has 0 aliphatic heterocycles. The Labute approximate surface area is 164 Å². The average Bonchev–Trinajstić information content (AvgIpc) is 3.17. The quantitative estimate of drug-likeness (QED) is 0.528. The fourth-order valence-corrected chi connectivity index (χ4v) is 4.13. The number of carbonyl (C=O) groups is 2. The van der Waals surface area contributed by atoms with E-state index < -0.39 is 28.7 Å². The number of nitrogens with one attached hydrogen (secondary N) is 2. The van der Waals surface area contributed by atoms with E-state index in [-0.39, 0.29) is 22.6 Å². The summed E-state index contributed by atoms with van der Waals surface area (Å²) in [4.78, 5) is 26.0. The van der Waals surface area contributed by atoms with Crippen molar-refractivity contribution in [2.45, 2.75) is 105 Å². The van der Waals surface area contributed by atoms with Crippen molar-refractivity contribution < 1.29 is 19.8 Å². The second kappa shape index (κ2) is 7.03. The van der Waals surface area contributed by atoms with Crippen molar-refractivity contribution in [3.8, 4) is 0 Å². The molecule has 2 amide bonds. The highest BCUT2D eigenvalue weighted by Gasteiger charge is 2.59. The molecule has 1 aliphatic carbocycles. The van der Waals surface area contributed by atoms with Gasteiger partial charge in [0.2, 0.25) is 11.8 Å². The van der Waals surface area contributed by atoms with E-state index in [1.54, 1.807) is 27.7 Å². The van der Waals surface area contributed by atoms with E-state index in [9.17, 15) is 19.8 Å². The molecule has 1 rings (SSSR count). The second-order valence-corrected chi connectivity index (χ2v) is 11.4. The molecule has 2 atom stereocenters. The van der Waals surface area contributed by atoms with Gasteiger partial charge in [0.05, 0.1) is 23.3 Å². The minimum Gasteiger partial charge on any atom is -0.388 e. The molecule has 0 spiro atoms. The number of carbonyl (C=O) groups excluding carboxylic acids is 2. The van der Waals surface area contributed by atoms with E-state index >= 15 is 0 Å². The summed E-state index contributed by atoms with van der Waals surface area (Å²) < 4.78 is 0. The van der Waals surface area contributed by atoms with Crippen molar-refractivity contribution in [3.05, 3.63) is 0 Å². The van der Waals surface area contributed by atoms with Crippen molar-refractivity contribution >= 4 is 11.8 Å². The van der Waals surface area contributed by atoms with Crippen LogP contribution in [0.1, 0.15) is 82.1 Å². The molecule has 0 bridgehead atoms. The Morgan fingerprint density at radius 1 is 0.704 bits per heavy atom. The topological polar surface area (TPSA) is 98.7 Å². The maximum Gasteiger partial charge on any atom is 0.236 e. The van der Waals surface area contributed by atoms with Crippen molar-refractivity contribution in [2.24, 2.45) is 16.2 Å². The van der Waals surface area contributed by atoms with Crippen LogP contribution in [0.3, 0.4) is 0 Å². The van der Waals surface area contributed by atoms with Crippen molar-refractivity contribution in [2.75, 3.05) is 0 Å². The fraction of sp³-hybridized carbons (Fsp3) is 0.905. The summed E-state index contributed by atoms with van der Waals surface area (Å²) in [7, 11) is 0. The highest BCUT2D eigenvalue weighted by Crippen LogP contribution is 2.47. The molecule has 6 heteroatoms. The summed E-state index contributed by atoms with van der Waals surface area (Å²) in [5.74, 6) is -0.712. The van der Waals surface area contributed by atoms with E-state index in [1.807, 2.05) is 41.5 Å². The molecule has 0 aromatic carbocycles. The number of aliphatic hydroxyl groups is 2. The Balaban J connectivity index is 3.03. The van der Waals surface area contributed by atoms with E-state index in [0.29, 0.717) is 12.8 Å². The molecule has 0 saturated heterocycles. The molecule has 0 heterocycles. The predicted molar refractivity (Wildman–Crippen MR) is 107 cm³/mol. The monoisotopic (exact) mass is 384 g/mol. The molecule has 158 valence electrons. The van der Waals surface area contributed by atoms with E-state index in [4.69, 9.17) is 0 Å². The highest BCUT2D eigenvalue weighted by molar-refractivity contribution is 6.08. The van der Waals surface area contributed by atoms with Crippen LogP contribution in [0.25, 0.3) is 0 Å². The Hall–Kier alpha value is -1.14.